The van der Waals surface area contributed by atoms with Crippen molar-refractivity contribution in [3.63, 3.8) is 0 Å². The van der Waals surface area contributed by atoms with E-state index in [1.54, 1.807) is 0 Å². The molecule has 0 saturated heterocycles. The average molecular weight is 1900 g/mol. The van der Waals surface area contributed by atoms with Gasteiger partial charge >= 0.3 is 0 Å². The maximum absolute atomic E-state index is 13.8. The van der Waals surface area contributed by atoms with Gasteiger partial charge in [0.25, 0.3) is 22.2 Å². The van der Waals surface area contributed by atoms with Crippen molar-refractivity contribution in [2.24, 2.45) is 64.0 Å². The third-order valence-electron chi connectivity index (χ3n) is 29.4. The van der Waals surface area contributed by atoms with Gasteiger partial charge in [0.1, 0.15) is 22.8 Å². The second-order valence-electron chi connectivity index (χ2n) is 38.7. The van der Waals surface area contributed by atoms with E-state index in [1.807, 2.05) is 6.92 Å². The van der Waals surface area contributed by atoms with Gasteiger partial charge in [-0.05, 0) is 298 Å². The summed E-state index contributed by atoms with van der Waals surface area (Å²) in [5.74, 6) is 4.01. The Morgan fingerprint density at radius 3 is 0.741 bits per heavy atom. The highest BCUT2D eigenvalue weighted by molar-refractivity contribution is 6.51. The summed E-state index contributed by atoms with van der Waals surface area (Å²) in [7, 11) is 0. The fraction of sp³-hybridized carbons (Fsp3) is 0.583. The first-order chi connectivity index (χ1) is 66.6. The van der Waals surface area contributed by atoms with Gasteiger partial charge in [-0.1, -0.05) is 165 Å². The third kappa shape index (κ3) is 24.9. The molecule has 0 aliphatic carbocycles. The molecule has 4 aliphatic heterocycles. The van der Waals surface area contributed by atoms with Crippen LogP contribution < -0.4 is 41.8 Å². The molecule has 24 heteroatoms. The van der Waals surface area contributed by atoms with Gasteiger partial charge in [-0.2, -0.15) is 39.1 Å². The van der Waals surface area contributed by atoms with Gasteiger partial charge < -0.3 is 19.6 Å². The molecule has 8 heterocycles. The first-order valence-electron chi connectivity index (χ1n) is 53.4. The molecule has 0 radical (unpaired) electrons. The molecule has 4 aliphatic rings. The first kappa shape index (κ1) is 112. The number of fused-ring (bicyclic) bond motifs is 4. The van der Waals surface area contributed by atoms with Crippen LogP contribution in [0.2, 0.25) is 0 Å². The minimum absolute atomic E-state index is 0.0222. The number of anilines is 4. The Labute approximate surface area is 833 Å². The lowest BCUT2D eigenvalue weighted by Crippen LogP contribution is -2.29. The third-order valence-corrected chi connectivity index (χ3v) is 29.4. The Bertz CT molecular complexity index is 6090. The van der Waals surface area contributed by atoms with E-state index in [4.69, 9.17) is 60.3 Å². The summed E-state index contributed by atoms with van der Waals surface area (Å²) in [6.45, 7) is 78.4. The van der Waals surface area contributed by atoms with Gasteiger partial charge in [-0.3, -0.25) is 19.2 Å². The molecule has 0 spiro atoms. The van der Waals surface area contributed by atoms with Crippen LogP contribution in [-0.4, -0.2) is 137 Å². The SMILES string of the molecule is CCC(C)C1=Nn2c(nc(C(C)CC)c(C(C)CC)c2=O)C1=Nc1ccc(N(CC)CC)cc1C.CCCCCc1c(C(C)CC)nc2n(c1=O)N=C(C(C)CC)C2=Nc1ccc(N(CC)CC)cc1C.CCCCc1c(C(C)CC)nc2n(c1=O)N=C(C(C)CC)C2=Nc1ccc(N(CC)CC)cc1C.CCc1c(C(C)CC)nc2n(c1=O)N=C(C(C)CC)C2=Nc1ccc(N(CC)CC)cc1C. The van der Waals surface area contributed by atoms with Crippen LogP contribution >= 0.6 is 0 Å². The van der Waals surface area contributed by atoms with Crippen molar-refractivity contribution in [1.29, 1.82) is 0 Å². The highest BCUT2D eigenvalue weighted by Crippen LogP contribution is 2.38. The zero-order valence-corrected chi connectivity index (χ0v) is 91.4. The number of aryl methyl sites for hydroxylation is 4. The van der Waals surface area contributed by atoms with E-state index in [-0.39, 0.29) is 75.5 Å². The topological polar surface area (TPSA) is 251 Å². The zero-order chi connectivity index (χ0) is 102. The van der Waals surface area contributed by atoms with Crippen LogP contribution in [0.5, 0.6) is 0 Å². The summed E-state index contributed by atoms with van der Waals surface area (Å²) in [5, 5.41) is 19.2. The van der Waals surface area contributed by atoms with Crippen molar-refractivity contribution < 1.29 is 0 Å². The molecule has 754 valence electrons. The molecular weight excluding hydrogens is 1730 g/mol. The Morgan fingerprint density at radius 2 is 0.504 bits per heavy atom. The lowest BCUT2D eigenvalue weighted by atomic mass is 9.91. The maximum atomic E-state index is 13.8. The van der Waals surface area contributed by atoms with Crippen molar-refractivity contribution in [2.45, 2.75) is 367 Å². The molecule has 12 rings (SSSR count). The second-order valence-corrected chi connectivity index (χ2v) is 38.7. The molecule has 139 heavy (non-hydrogen) atoms. The van der Waals surface area contributed by atoms with E-state index in [2.05, 4.69) is 314 Å². The van der Waals surface area contributed by atoms with Crippen molar-refractivity contribution >= 4 is 91.2 Å². The second kappa shape index (κ2) is 51.9. The summed E-state index contributed by atoms with van der Waals surface area (Å²) < 4.78 is 6.07. The summed E-state index contributed by atoms with van der Waals surface area (Å²) in [5.41, 5.74) is 25.8. The molecule has 9 unspecified atom stereocenters. The van der Waals surface area contributed by atoms with Crippen molar-refractivity contribution in [1.82, 2.24) is 38.6 Å². The van der Waals surface area contributed by atoms with Crippen LogP contribution in [-0.2, 0) is 19.3 Å². The normalized spacial score (nSPS) is 16.0. The Hall–Kier alpha value is -11.0. The van der Waals surface area contributed by atoms with E-state index in [0.29, 0.717) is 29.7 Å². The number of aromatic nitrogens is 8. The lowest BCUT2D eigenvalue weighted by Gasteiger charge is -2.22. The summed E-state index contributed by atoms with van der Waals surface area (Å²) in [6.07, 6.45) is 15.7. The molecule has 24 nitrogen and oxygen atoms in total. The van der Waals surface area contributed by atoms with E-state index in [9.17, 15) is 19.2 Å². The van der Waals surface area contributed by atoms with Gasteiger partial charge in [-0.25, -0.2) is 39.9 Å². The van der Waals surface area contributed by atoms with E-state index < -0.39 is 0 Å². The van der Waals surface area contributed by atoms with Crippen LogP contribution in [0.15, 0.2) is 132 Å². The number of hydrogen-bond acceptors (Lipinski definition) is 20. The smallest absolute Gasteiger partial charge is 0.278 e. The maximum Gasteiger partial charge on any atom is 0.278 e. The Morgan fingerprint density at radius 1 is 0.273 bits per heavy atom. The van der Waals surface area contributed by atoms with Gasteiger partial charge in [0.05, 0.1) is 68.4 Å². The van der Waals surface area contributed by atoms with Crippen molar-refractivity contribution in [3.8, 4) is 0 Å². The summed E-state index contributed by atoms with van der Waals surface area (Å²) in [4.78, 5) is 105. The van der Waals surface area contributed by atoms with Crippen LogP contribution in [0.1, 0.15) is 411 Å². The number of hydrogen-bond donors (Lipinski definition) is 0. The van der Waals surface area contributed by atoms with Gasteiger partial charge in [0, 0.05) is 121 Å². The van der Waals surface area contributed by atoms with Crippen molar-refractivity contribution in [3.05, 3.63) is 205 Å². The van der Waals surface area contributed by atoms with Crippen LogP contribution in [0.3, 0.4) is 0 Å². The summed E-state index contributed by atoms with van der Waals surface area (Å²) in [6, 6.07) is 25.6. The molecule has 0 amide bonds. The van der Waals surface area contributed by atoms with Crippen LogP contribution in [0.4, 0.5) is 45.5 Å². The average Bonchev–Trinajstić information content (AvgIpc) is 1.62. The minimum Gasteiger partial charge on any atom is -0.372 e. The minimum atomic E-state index is -0.0580. The predicted molar refractivity (Wildman–Crippen MR) is 592 cm³/mol. The number of aliphatic imine (C=N–C) groups is 4. The molecule has 0 fully saturated rings. The number of nitrogens with zero attached hydrogens (tertiary/aromatic N) is 20. The molecule has 0 N–H and O–H groups in total. The van der Waals surface area contributed by atoms with Crippen LogP contribution in [0, 0.1) is 51.4 Å². The number of benzene rings is 4. The molecule has 9 atom stereocenters. The van der Waals surface area contributed by atoms with E-state index in [1.165, 1.54) is 41.5 Å². The molecule has 8 aromatic rings. The highest BCUT2D eigenvalue weighted by atomic mass is 16.2. The van der Waals surface area contributed by atoms with Gasteiger partial charge in [0.15, 0.2) is 23.3 Å². The fourth-order valence-corrected chi connectivity index (χ4v) is 18.3. The van der Waals surface area contributed by atoms with Crippen molar-refractivity contribution in [2.75, 3.05) is 72.0 Å². The van der Waals surface area contributed by atoms with Gasteiger partial charge in [0.2, 0.25) is 0 Å². The fourth-order valence-electron chi connectivity index (χ4n) is 18.3. The first-order valence-corrected chi connectivity index (χ1v) is 53.4. The monoisotopic (exact) mass is 1900 g/mol. The molecule has 0 bridgehead atoms. The molecular formula is C115H170N20O4. The highest BCUT2D eigenvalue weighted by Gasteiger charge is 2.38. The van der Waals surface area contributed by atoms with E-state index >= 15 is 0 Å². The molecule has 0 saturated carbocycles. The zero-order valence-electron chi connectivity index (χ0n) is 91.4. The quantitative estimate of drug-likeness (QED) is 0.0324. The molecule has 4 aromatic heterocycles. The lowest BCUT2D eigenvalue weighted by molar-refractivity contribution is 0.620. The summed E-state index contributed by atoms with van der Waals surface area (Å²) >= 11 is 0. The number of rotatable bonds is 42. The largest absolute Gasteiger partial charge is 0.372 e. The number of unbranched alkanes of at least 4 members (excludes halogenated alkanes) is 3. The van der Waals surface area contributed by atoms with E-state index in [0.717, 1.165) is 291 Å². The van der Waals surface area contributed by atoms with Crippen LogP contribution in [0.25, 0.3) is 0 Å². The Balaban J connectivity index is 0.000000207. The predicted octanol–water partition coefficient (Wildman–Crippen LogP) is 26.3. The molecule has 4 aromatic carbocycles. The standard InChI is InChI=1S/C30H45N5O.2C29H43N5O.C27H39N5O/c1-9-14-15-16-24-26(20(6)10-2)32-29-28(27(21(7)11-3)33-35(29)30(24)36)31-25-18-17-23(19-22(25)8)34(12-4)13-5;1-10-18(6)24-25(19(7)11-2)31-28-27(26(20(8)12-3)32-34(28)29(24)35)30-23-16-15-22(17-21(23)9)33(13-4)14-5;1-9-14-15-23-25(19(6)10-2)31-28-27(26(20(7)11-3)32-34(28)29(23)35)30-24-17-16-22(18-21(24)8)33(12-4)13-5;1-9-17(6)23-21(11-3)27(33)32-26(29-23)25(24(30-32)18(7)10-2)28-22-15-14-20(16-19(22)8)31(12-4)13-5/h17-21H,9-16H2,1-8H3;15-20H,10-14H2,1-9H3;16-20H,9-15H2,1-8H3;14-18H,9-13H2,1-8H3. The van der Waals surface area contributed by atoms with Gasteiger partial charge in [-0.15, -0.1) is 0 Å². The Kier molecular flexibility index (Phi) is 41.7.